The van der Waals surface area contributed by atoms with Gasteiger partial charge in [0.1, 0.15) is 11.3 Å². The number of hydrogen-bond donors (Lipinski definition) is 0. The highest BCUT2D eigenvalue weighted by atomic mass is 32.1. The highest BCUT2D eigenvalue weighted by Crippen LogP contribution is 2.43. The quantitative estimate of drug-likeness (QED) is 0.239. The van der Waals surface area contributed by atoms with Crippen LogP contribution in [0.1, 0.15) is 51.5 Å². The minimum absolute atomic E-state index is 0.0327. The Morgan fingerprint density at radius 2 is 1.73 bits per heavy atom. The minimum Gasteiger partial charge on any atom is -0.461 e. The molecule has 0 atom stereocenters. The monoisotopic (exact) mass is 503 g/mol. The number of aromatic nitrogens is 1. The molecule has 0 fully saturated rings. The summed E-state index contributed by atoms with van der Waals surface area (Å²) < 4.78 is 7.46. The molecule has 6 rings (SSSR count). The van der Waals surface area contributed by atoms with Crippen LogP contribution in [0.3, 0.4) is 0 Å². The lowest BCUT2D eigenvalue weighted by Crippen LogP contribution is -2.12. The lowest BCUT2D eigenvalue weighted by Gasteiger charge is -2.22. The molecule has 0 amide bonds. The van der Waals surface area contributed by atoms with Crippen molar-refractivity contribution in [3.63, 3.8) is 0 Å². The van der Waals surface area contributed by atoms with Gasteiger partial charge < -0.3 is 4.42 Å². The summed E-state index contributed by atoms with van der Waals surface area (Å²) in [6.45, 7) is 13.5. The third kappa shape index (κ3) is 4.16. The first kappa shape index (κ1) is 23.9. The van der Waals surface area contributed by atoms with Gasteiger partial charge in [0, 0.05) is 43.2 Å². The summed E-state index contributed by atoms with van der Waals surface area (Å²) in [4.78, 5) is 6.19. The van der Waals surface area contributed by atoms with Gasteiger partial charge in [-0.05, 0) is 71.3 Å². The number of furan rings is 1. The van der Waals surface area contributed by atoms with Crippen molar-refractivity contribution in [2.45, 2.75) is 53.4 Å². The molecule has 0 aliphatic carbocycles. The molecule has 0 N–H and O–H groups in total. The van der Waals surface area contributed by atoms with Crippen molar-refractivity contribution in [2.24, 2.45) is 5.92 Å². The number of rotatable bonds is 4. The fraction of sp³-hybridized carbons (Fsp3) is 0.265. The average molecular weight is 504 g/mol. The summed E-state index contributed by atoms with van der Waals surface area (Å²) in [5.74, 6) is 1.60. The van der Waals surface area contributed by atoms with E-state index < -0.39 is 0 Å². The summed E-state index contributed by atoms with van der Waals surface area (Å²) in [5, 5.41) is 5.04. The van der Waals surface area contributed by atoms with Gasteiger partial charge in [-0.3, -0.25) is 4.98 Å². The van der Waals surface area contributed by atoms with Crippen LogP contribution in [0.2, 0.25) is 0 Å². The van der Waals surface area contributed by atoms with Crippen LogP contribution in [-0.4, -0.2) is 4.98 Å². The number of aryl methyl sites for hydroxylation is 1. The molecule has 3 heterocycles. The second-order valence-corrected chi connectivity index (χ2v) is 12.7. The first-order valence-electron chi connectivity index (χ1n) is 13.1. The van der Waals surface area contributed by atoms with Gasteiger partial charge in [-0.25, -0.2) is 0 Å². The maximum absolute atomic E-state index is 6.21. The molecule has 0 bridgehead atoms. The van der Waals surface area contributed by atoms with Gasteiger partial charge in [0.15, 0.2) is 0 Å². The second kappa shape index (κ2) is 8.85. The third-order valence-electron chi connectivity index (χ3n) is 7.28. The molecule has 0 aliphatic heterocycles. The first-order chi connectivity index (χ1) is 17.7. The number of nitrogens with zero attached hydrogens (tertiary/aromatic N) is 1. The van der Waals surface area contributed by atoms with E-state index in [4.69, 9.17) is 9.40 Å². The largest absolute Gasteiger partial charge is 0.461 e. The van der Waals surface area contributed by atoms with Crippen LogP contribution in [0, 0.1) is 12.8 Å². The average Bonchev–Trinajstić information content (AvgIpc) is 3.43. The van der Waals surface area contributed by atoms with E-state index in [0.29, 0.717) is 5.92 Å². The highest BCUT2D eigenvalue weighted by Gasteiger charge is 2.21. The Hall–Kier alpha value is -3.43. The Bertz CT molecular complexity index is 1780. The molecule has 0 aliphatic rings. The lowest BCUT2D eigenvalue weighted by atomic mass is 9.82. The molecule has 0 saturated heterocycles. The van der Waals surface area contributed by atoms with Crippen LogP contribution in [0.15, 0.2) is 77.3 Å². The Morgan fingerprint density at radius 3 is 2.51 bits per heavy atom. The zero-order valence-corrected chi connectivity index (χ0v) is 23.3. The molecule has 0 saturated carbocycles. The Balaban J connectivity index is 1.57. The van der Waals surface area contributed by atoms with E-state index in [1.807, 2.05) is 17.5 Å². The molecule has 0 radical (unpaired) electrons. The summed E-state index contributed by atoms with van der Waals surface area (Å²) in [6, 6.07) is 24.3. The number of thiophene rings is 1. The van der Waals surface area contributed by atoms with E-state index in [9.17, 15) is 0 Å². The standard InChI is InChI=1S/C34H33NOS/c1-20(2)16-26-21(3)36-29-13-9-12-25(32(26)29)31-19-27-30(37-31)14-15-35-33(27)23-17-22-10-7-8-11-24(22)28(18-23)34(4,5)6/h7-15,17-20H,16H2,1-6H3. The van der Waals surface area contributed by atoms with E-state index >= 15 is 0 Å². The van der Waals surface area contributed by atoms with Gasteiger partial charge in [-0.1, -0.05) is 71.0 Å². The van der Waals surface area contributed by atoms with Crippen LogP contribution in [0.5, 0.6) is 0 Å². The molecule has 0 spiro atoms. The van der Waals surface area contributed by atoms with Gasteiger partial charge in [-0.2, -0.15) is 0 Å². The summed E-state index contributed by atoms with van der Waals surface area (Å²) in [5.41, 5.74) is 7.18. The van der Waals surface area contributed by atoms with E-state index in [0.717, 1.165) is 23.5 Å². The fourth-order valence-electron chi connectivity index (χ4n) is 5.58. The smallest absolute Gasteiger partial charge is 0.135 e. The maximum Gasteiger partial charge on any atom is 0.135 e. The Morgan fingerprint density at radius 1 is 0.919 bits per heavy atom. The van der Waals surface area contributed by atoms with Crippen LogP contribution >= 0.6 is 11.3 Å². The Kier molecular flexibility index (Phi) is 5.72. The molecule has 37 heavy (non-hydrogen) atoms. The number of pyridine rings is 1. The molecule has 3 heteroatoms. The molecule has 0 unspecified atom stereocenters. The zero-order chi connectivity index (χ0) is 25.9. The van der Waals surface area contributed by atoms with Crippen molar-refractivity contribution in [2.75, 3.05) is 0 Å². The van der Waals surface area contributed by atoms with E-state index in [2.05, 4.69) is 108 Å². The van der Waals surface area contributed by atoms with Crippen molar-refractivity contribution >= 4 is 43.2 Å². The van der Waals surface area contributed by atoms with Crippen molar-refractivity contribution < 1.29 is 4.42 Å². The predicted molar refractivity (Wildman–Crippen MR) is 160 cm³/mol. The Labute approximate surface area is 223 Å². The number of fused-ring (bicyclic) bond motifs is 3. The van der Waals surface area contributed by atoms with E-state index in [1.54, 1.807) is 0 Å². The van der Waals surface area contributed by atoms with E-state index in [-0.39, 0.29) is 5.41 Å². The predicted octanol–water partition coefficient (Wildman–Crippen LogP) is 10.3. The summed E-state index contributed by atoms with van der Waals surface area (Å²) >= 11 is 1.84. The lowest BCUT2D eigenvalue weighted by molar-refractivity contribution is 0.560. The normalized spacial score (nSPS) is 12.4. The molecule has 2 nitrogen and oxygen atoms in total. The summed E-state index contributed by atoms with van der Waals surface area (Å²) in [6.07, 6.45) is 2.97. The van der Waals surface area contributed by atoms with Crippen molar-refractivity contribution in [1.29, 1.82) is 0 Å². The summed E-state index contributed by atoms with van der Waals surface area (Å²) in [7, 11) is 0. The second-order valence-electron chi connectivity index (χ2n) is 11.6. The number of hydrogen-bond acceptors (Lipinski definition) is 3. The first-order valence-corrected chi connectivity index (χ1v) is 14.0. The van der Waals surface area contributed by atoms with Crippen LogP contribution < -0.4 is 0 Å². The van der Waals surface area contributed by atoms with Crippen molar-refractivity contribution in [3.8, 4) is 21.7 Å². The van der Waals surface area contributed by atoms with E-state index in [1.165, 1.54) is 53.4 Å². The molecule has 3 aromatic carbocycles. The van der Waals surface area contributed by atoms with Gasteiger partial charge in [0.25, 0.3) is 0 Å². The molecular formula is C34H33NOS. The van der Waals surface area contributed by atoms with Crippen LogP contribution in [-0.2, 0) is 11.8 Å². The molecule has 6 aromatic rings. The van der Waals surface area contributed by atoms with Gasteiger partial charge in [0.05, 0.1) is 5.69 Å². The van der Waals surface area contributed by atoms with Gasteiger partial charge in [-0.15, -0.1) is 11.3 Å². The SMILES string of the molecule is Cc1oc2cccc(-c3cc4c(-c5cc(C(C)(C)C)c6ccccc6c5)nccc4s3)c2c1CC(C)C. The van der Waals surface area contributed by atoms with Gasteiger partial charge >= 0.3 is 0 Å². The minimum atomic E-state index is 0.0327. The van der Waals surface area contributed by atoms with Gasteiger partial charge in [0.2, 0.25) is 0 Å². The van der Waals surface area contributed by atoms with Crippen LogP contribution in [0.4, 0.5) is 0 Å². The third-order valence-corrected chi connectivity index (χ3v) is 8.42. The fourth-order valence-corrected chi connectivity index (χ4v) is 6.67. The van der Waals surface area contributed by atoms with Crippen molar-refractivity contribution in [1.82, 2.24) is 4.98 Å². The highest BCUT2D eigenvalue weighted by molar-refractivity contribution is 7.22. The zero-order valence-electron chi connectivity index (χ0n) is 22.5. The molecule has 3 aromatic heterocycles. The molecule has 186 valence electrons. The van der Waals surface area contributed by atoms with Crippen LogP contribution in [0.25, 0.3) is 53.5 Å². The van der Waals surface area contributed by atoms with Crippen molar-refractivity contribution in [3.05, 3.63) is 89.8 Å². The number of benzene rings is 3. The topological polar surface area (TPSA) is 26.0 Å². The molecular weight excluding hydrogens is 470 g/mol. The maximum atomic E-state index is 6.21.